The van der Waals surface area contributed by atoms with Crippen molar-refractivity contribution in [2.24, 2.45) is 0 Å². The van der Waals surface area contributed by atoms with Crippen LogP contribution in [0, 0.1) is 0 Å². The molecule has 5 heteroatoms. The van der Waals surface area contributed by atoms with E-state index in [0.29, 0.717) is 17.3 Å². The van der Waals surface area contributed by atoms with E-state index in [0.717, 1.165) is 30.4 Å². The summed E-state index contributed by atoms with van der Waals surface area (Å²) in [7, 11) is 4.00. The molecule has 0 unspecified atom stereocenters. The minimum atomic E-state index is 0.0359. The minimum Gasteiger partial charge on any atom is -0.399 e. The number of benzene rings is 1. The molecule has 104 valence electrons. The van der Waals surface area contributed by atoms with Crippen LogP contribution in [0.4, 0.5) is 5.69 Å². The smallest absolute Gasteiger partial charge is 0.255 e. The van der Waals surface area contributed by atoms with Crippen molar-refractivity contribution in [3.63, 3.8) is 0 Å². The van der Waals surface area contributed by atoms with Crippen LogP contribution in [-0.4, -0.2) is 48.9 Å². The summed E-state index contributed by atoms with van der Waals surface area (Å²) in [5, 5.41) is 0. The SMILES string of the molecule is CN1CCC(N(C)C(=O)c2cc(N)ccc2Br)CC1. The lowest BCUT2D eigenvalue weighted by molar-refractivity contribution is 0.0659. The van der Waals surface area contributed by atoms with Crippen LogP contribution < -0.4 is 5.73 Å². The first-order chi connectivity index (χ1) is 8.99. The molecule has 2 rings (SSSR count). The monoisotopic (exact) mass is 325 g/mol. The van der Waals surface area contributed by atoms with E-state index in [2.05, 4.69) is 27.9 Å². The van der Waals surface area contributed by atoms with Crippen molar-refractivity contribution in [3.05, 3.63) is 28.2 Å². The summed E-state index contributed by atoms with van der Waals surface area (Å²) >= 11 is 3.42. The second kappa shape index (κ2) is 5.92. The van der Waals surface area contributed by atoms with Crippen molar-refractivity contribution in [2.75, 3.05) is 32.9 Å². The molecule has 1 aliphatic heterocycles. The molecular weight excluding hydrogens is 306 g/mol. The third kappa shape index (κ3) is 3.28. The third-order valence-corrected chi connectivity index (χ3v) is 4.47. The van der Waals surface area contributed by atoms with Crippen LogP contribution in [0.3, 0.4) is 0 Å². The van der Waals surface area contributed by atoms with Crippen LogP contribution in [-0.2, 0) is 0 Å². The van der Waals surface area contributed by atoms with Gasteiger partial charge in [0.15, 0.2) is 0 Å². The number of rotatable bonds is 2. The lowest BCUT2D eigenvalue weighted by atomic mass is 10.0. The van der Waals surface area contributed by atoms with E-state index < -0.39 is 0 Å². The van der Waals surface area contributed by atoms with Crippen LogP contribution >= 0.6 is 15.9 Å². The highest BCUT2D eigenvalue weighted by molar-refractivity contribution is 9.10. The number of halogens is 1. The van der Waals surface area contributed by atoms with Crippen LogP contribution in [0.15, 0.2) is 22.7 Å². The van der Waals surface area contributed by atoms with Crippen molar-refractivity contribution in [1.82, 2.24) is 9.80 Å². The quantitative estimate of drug-likeness (QED) is 0.848. The molecule has 0 saturated carbocycles. The molecule has 1 saturated heterocycles. The summed E-state index contributed by atoms with van der Waals surface area (Å²) < 4.78 is 0.798. The molecule has 0 radical (unpaired) electrons. The average molecular weight is 326 g/mol. The van der Waals surface area contributed by atoms with Gasteiger partial charge in [-0.1, -0.05) is 0 Å². The number of nitrogen functional groups attached to an aromatic ring is 1. The fourth-order valence-electron chi connectivity index (χ4n) is 2.44. The molecule has 0 atom stereocenters. The Balaban J connectivity index is 2.12. The third-order valence-electron chi connectivity index (χ3n) is 3.78. The molecule has 1 aromatic rings. The summed E-state index contributed by atoms with van der Waals surface area (Å²) in [6.45, 7) is 2.08. The molecular formula is C14H20BrN3O. The molecule has 19 heavy (non-hydrogen) atoms. The lowest BCUT2D eigenvalue weighted by Gasteiger charge is -2.35. The van der Waals surface area contributed by atoms with Gasteiger partial charge in [-0.05, 0) is 67.1 Å². The lowest BCUT2D eigenvalue weighted by Crippen LogP contribution is -2.44. The van der Waals surface area contributed by atoms with Crippen molar-refractivity contribution in [3.8, 4) is 0 Å². The number of likely N-dealkylation sites (tertiary alicyclic amines) is 1. The van der Waals surface area contributed by atoms with Gasteiger partial charge in [-0.3, -0.25) is 4.79 Å². The van der Waals surface area contributed by atoms with Gasteiger partial charge >= 0.3 is 0 Å². The Morgan fingerprint density at radius 1 is 1.42 bits per heavy atom. The highest BCUT2D eigenvalue weighted by atomic mass is 79.9. The first kappa shape index (κ1) is 14.3. The van der Waals surface area contributed by atoms with Crippen LogP contribution in [0.5, 0.6) is 0 Å². The van der Waals surface area contributed by atoms with Crippen molar-refractivity contribution >= 4 is 27.5 Å². The molecule has 1 heterocycles. The standard InChI is InChI=1S/C14H20BrN3O/c1-17-7-5-11(6-8-17)18(2)14(19)12-9-10(16)3-4-13(12)15/h3-4,9,11H,5-8,16H2,1-2H3. The van der Waals surface area contributed by atoms with E-state index in [9.17, 15) is 4.79 Å². The first-order valence-electron chi connectivity index (χ1n) is 6.50. The number of hydrogen-bond donors (Lipinski definition) is 1. The molecule has 0 bridgehead atoms. The van der Waals surface area contributed by atoms with Gasteiger partial charge in [0, 0.05) is 23.2 Å². The predicted octanol–water partition coefficient (Wildman–Crippen LogP) is 2.20. The normalized spacial score (nSPS) is 17.4. The highest BCUT2D eigenvalue weighted by Crippen LogP contribution is 2.23. The van der Waals surface area contributed by atoms with E-state index in [4.69, 9.17) is 5.73 Å². The van der Waals surface area contributed by atoms with Gasteiger partial charge in [0.1, 0.15) is 0 Å². The summed E-state index contributed by atoms with van der Waals surface area (Å²) in [5.41, 5.74) is 7.02. The first-order valence-corrected chi connectivity index (χ1v) is 7.29. The zero-order valence-corrected chi connectivity index (χ0v) is 13.0. The molecule has 1 aromatic carbocycles. The number of nitrogens with two attached hydrogens (primary N) is 1. The molecule has 0 aromatic heterocycles. The van der Waals surface area contributed by atoms with Gasteiger partial charge < -0.3 is 15.5 Å². The van der Waals surface area contributed by atoms with Crippen LogP contribution in [0.2, 0.25) is 0 Å². The Bertz CT molecular complexity index is 470. The van der Waals surface area contributed by atoms with E-state index in [-0.39, 0.29) is 5.91 Å². The number of piperidine rings is 1. The zero-order valence-electron chi connectivity index (χ0n) is 11.4. The Hall–Kier alpha value is -1.07. The molecule has 1 amide bonds. The zero-order chi connectivity index (χ0) is 14.0. The van der Waals surface area contributed by atoms with Gasteiger partial charge in [-0.25, -0.2) is 0 Å². The fraction of sp³-hybridized carbons (Fsp3) is 0.500. The summed E-state index contributed by atoms with van der Waals surface area (Å²) in [4.78, 5) is 16.7. The topological polar surface area (TPSA) is 49.6 Å². The summed E-state index contributed by atoms with van der Waals surface area (Å²) in [6, 6.07) is 5.66. The Morgan fingerprint density at radius 3 is 2.68 bits per heavy atom. The molecule has 0 spiro atoms. The Kier molecular flexibility index (Phi) is 4.47. The van der Waals surface area contributed by atoms with Gasteiger partial charge in [0.25, 0.3) is 5.91 Å². The van der Waals surface area contributed by atoms with Gasteiger partial charge in [0.05, 0.1) is 5.56 Å². The van der Waals surface area contributed by atoms with Gasteiger partial charge in [0.2, 0.25) is 0 Å². The predicted molar refractivity (Wildman–Crippen MR) is 81.2 cm³/mol. The van der Waals surface area contributed by atoms with Crippen molar-refractivity contribution in [1.29, 1.82) is 0 Å². The number of carbonyl (C=O) groups is 1. The molecule has 1 fully saturated rings. The highest BCUT2D eigenvalue weighted by Gasteiger charge is 2.25. The van der Waals surface area contributed by atoms with E-state index in [1.54, 1.807) is 12.1 Å². The maximum Gasteiger partial charge on any atom is 0.255 e. The minimum absolute atomic E-state index is 0.0359. The van der Waals surface area contributed by atoms with Crippen LogP contribution in [0.1, 0.15) is 23.2 Å². The van der Waals surface area contributed by atoms with Gasteiger partial charge in [-0.15, -0.1) is 0 Å². The Labute approximate surface area is 122 Å². The number of hydrogen-bond acceptors (Lipinski definition) is 3. The number of anilines is 1. The van der Waals surface area contributed by atoms with E-state index in [1.807, 2.05) is 18.0 Å². The molecule has 2 N–H and O–H groups in total. The Morgan fingerprint density at radius 2 is 2.05 bits per heavy atom. The number of nitrogens with zero attached hydrogens (tertiary/aromatic N) is 2. The second-order valence-corrected chi connectivity index (χ2v) is 6.04. The maximum atomic E-state index is 12.5. The average Bonchev–Trinajstić information content (AvgIpc) is 2.41. The van der Waals surface area contributed by atoms with Crippen molar-refractivity contribution < 1.29 is 4.79 Å². The van der Waals surface area contributed by atoms with Crippen LogP contribution in [0.25, 0.3) is 0 Å². The number of carbonyl (C=O) groups excluding carboxylic acids is 1. The maximum absolute atomic E-state index is 12.5. The second-order valence-electron chi connectivity index (χ2n) is 5.19. The fourth-order valence-corrected chi connectivity index (χ4v) is 2.86. The van der Waals surface area contributed by atoms with E-state index >= 15 is 0 Å². The summed E-state index contributed by atoms with van der Waals surface area (Å²) in [6.07, 6.45) is 2.05. The summed E-state index contributed by atoms with van der Waals surface area (Å²) in [5.74, 6) is 0.0359. The van der Waals surface area contributed by atoms with Gasteiger partial charge in [-0.2, -0.15) is 0 Å². The number of amides is 1. The largest absolute Gasteiger partial charge is 0.399 e. The molecule has 4 nitrogen and oxygen atoms in total. The van der Waals surface area contributed by atoms with E-state index in [1.165, 1.54) is 0 Å². The molecule has 0 aliphatic carbocycles. The molecule has 1 aliphatic rings. The van der Waals surface area contributed by atoms with Crippen molar-refractivity contribution in [2.45, 2.75) is 18.9 Å².